The van der Waals surface area contributed by atoms with Gasteiger partial charge in [0.25, 0.3) is 0 Å². The van der Waals surface area contributed by atoms with E-state index in [2.05, 4.69) is 0 Å². The predicted molar refractivity (Wildman–Crippen MR) is 78.4 cm³/mol. The van der Waals surface area contributed by atoms with Crippen molar-refractivity contribution in [1.82, 2.24) is 0 Å². The largest absolute Gasteiger partial charge is 0.299 e. The van der Waals surface area contributed by atoms with E-state index in [1.807, 2.05) is 42.5 Å². The lowest BCUT2D eigenvalue weighted by Crippen LogP contribution is -2.12. The van der Waals surface area contributed by atoms with Crippen LogP contribution in [0.1, 0.15) is 17.9 Å². The van der Waals surface area contributed by atoms with Crippen LogP contribution in [0.2, 0.25) is 0 Å². The third-order valence-electron chi connectivity index (χ3n) is 3.27. The molecule has 0 radical (unpaired) electrons. The van der Waals surface area contributed by atoms with E-state index < -0.39 is 0 Å². The summed E-state index contributed by atoms with van der Waals surface area (Å²) in [6.45, 7) is -0.142. The van der Waals surface area contributed by atoms with Gasteiger partial charge in [-0.25, -0.2) is 0 Å². The zero-order valence-electron chi connectivity index (χ0n) is 10.9. The summed E-state index contributed by atoms with van der Waals surface area (Å²) < 4.78 is 0. The molecule has 2 rings (SSSR count). The summed E-state index contributed by atoms with van der Waals surface area (Å²) in [5.74, 6) is -0.229. The fraction of sp³-hybridized carbons (Fsp3) is 0.188. The number of carbonyl (C=O) groups excluding carboxylic acids is 1. The van der Waals surface area contributed by atoms with Crippen molar-refractivity contribution < 1.29 is 9.72 Å². The van der Waals surface area contributed by atoms with Crippen LogP contribution in [0.3, 0.4) is 0 Å². The minimum absolute atomic E-state index is 0.142. The molecule has 2 aromatic carbocycles. The molecule has 0 amide bonds. The van der Waals surface area contributed by atoms with Crippen molar-refractivity contribution in [3.63, 3.8) is 0 Å². The van der Waals surface area contributed by atoms with E-state index in [4.69, 9.17) is 0 Å². The third kappa shape index (κ3) is 3.29. The van der Waals surface area contributed by atoms with Gasteiger partial charge in [0.15, 0.2) is 0 Å². The van der Waals surface area contributed by atoms with Crippen LogP contribution in [-0.4, -0.2) is 17.8 Å². The molecule has 0 aliphatic rings. The molecule has 0 fully saturated rings. The first-order valence-corrected chi connectivity index (χ1v) is 6.42. The first kappa shape index (κ1) is 13.9. The van der Waals surface area contributed by atoms with Crippen molar-refractivity contribution in [2.75, 3.05) is 6.54 Å². The van der Waals surface area contributed by atoms with Gasteiger partial charge in [0.1, 0.15) is 6.29 Å². The van der Waals surface area contributed by atoms with Crippen LogP contribution in [0.15, 0.2) is 54.6 Å². The number of allylic oxidation sites excluding steroid dienone is 2. The van der Waals surface area contributed by atoms with E-state index in [0.717, 1.165) is 16.3 Å². The number of fused-ring (bicyclic) bond motifs is 1. The molecular formula is C16H15NO3. The van der Waals surface area contributed by atoms with E-state index in [0.29, 0.717) is 12.7 Å². The van der Waals surface area contributed by atoms with Crippen molar-refractivity contribution in [2.24, 2.45) is 0 Å². The second-order valence-electron chi connectivity index (χ2n) is 4.58. The Balaban J connectivity index is 2.41. The lowest BCUT2D eigenvalue weighted by molar-refractivity contribution is -0.483. The Morgan fingerprint density at radius 2 is 1.90 bits per heavy atom. The van der Waals surface area contributed by atoms with Crippen LogP contribution in [0.25, 0.3) is 10.8 Å². The molecule has 0 aliphatic carbocycles. The van der Waals surface area contributed by atoms with Gasteiger partial charge in [-0.05, 0) is 28.8 Å². The average molecular weight is 269 g/mol. The third-order valence-corrected chi connectivity index (χ3v) is 3.27. The Labute approximate surface area is 116 Å². The molecule has 0 saturated heterocycles. The minimum atomic E-state index is -0.304. The molecule has 4 nitrogen and oxygen atoms in total. The van der Waals surface area contributed by atoms with Crippen LogP contribution < -0.4 is 0 Å². The second kappa shape index (κ2) is 6.61. The summed E-state index contributed by atoms with van der Waals surface area (Å²) in [5, 5.41) is 13.0. The highest BCUT2D eigenvalue weighted by Crippen LogP contribution is 2.28. The summed E-state index contributed by atoms with van der Waals surface area (Å²) in [4.78, 5) is 20.9. The normalized spacial score (nSPS) is 12.6. The molecule has 0 heterocycles. The first-order chi connectivity index (χ1) is 9.72. The Hall–Kier alpha value is -2.49. The van der Waals surface area contributed by atoms with E-state index in [1.54, 1.807) is 6.08 Å². The standard InChI is InChI=1S/C16H15NO3/c18-11-4-3-7-14(12-17(19)20)16-10-5-8-13-6-1-2-9-15(13)16/h1-6,8-11,14H,7,12H2/b4-3+. The van der Waals surface area contributed by atoms with Gasteiger partial charge in [0.05, 0.1) is 5.92 Å². The molecule has 1 unspecified atom stereocenters. The fourth-order valence-electron chi connectivity index (χ4n) is 2.38. The van der Waals surface area contributed by atoms with Gasteiger partial charge in [-0.2, -0.15) is 0 Å². The zero-order chi connectivity index (χ0) is 14.4. The maximum Gasteiger partial charge on any atom is 0.210 e. The molecule has 0 spiro atoms. The van der Waals surface area contributed by atoms with Gasteiger partial charge in [-0.15, -0.1) is 0 Å². The molecule has 20 heavy (non-hydrogen) atoms. The highest BCUT2D eigenvalue weighted by molar-refractivity contribution is 5.86. The molecule has 2 aromatic rings. The van der Waals surface area contributed by atoms with Crippen molar-refractivity contribution in [3.05, 3.63) is 70.3 Å². The number of hydrogen-bond donors (Lipinski definition) is 0. The first-order valence-electron chi connectivity index (χ1n) is 6.42. The quantitative estimate of drug-likeness (QED) is 0.350. The molecule has 4 heteroatoms. The Morgan fingerprint density at radius 1 is 1.15 bits per heavy atom. The lowest BCUT2D eigenvalue weighted by Gasteiger charge is -2.14. The van der Waals surface area contributed by atoms with Crippen molar-refractivity contribution >= 4 is 17.1 Å². The molecular weight excluding hydrogens is 254 g/mol. The Bertz CT molecular complexity index is 644. The number of nitro groups is 1. The summed E-state index contributed by atoms with van der Waals surface area (Å²) in [5.41, 5.74) is 0.954. The molecule has 102 valence electrons. The van der Waals surface area contributed by atoms with Crippen LogP contribution >= 0.6 is 0 Å². The summed E-state index contributed by atoms with van der Waals surface area (Å²) in [6.07, 6.45) is 4.24. The maximum absolute atomic E-state index is 10.9. The molecule has 1 atom stereocenters. The van der Waals surface area contributed by atoms with Crippen molar-refractivity contribution in [3.8, 4) is 0 Å². The van der Waals surface area contributed by atoms with Crippen molar-refractivity contribution in [1.29, 1.82) is 0 Å². The van der Waals surface area contributed by atoms with E-state index in [9.17, 15) is 14.9 Å². The molecule has 0 aromatic heterocycles. The molecule has 0 aliphatic heterocycles. The highest BCUT2D eigenvalue weighted by atomic mass is 16.6. The summed E-state index contributed by atoms with van der Waals surface area (Å²) in [6, 6.07) is 13.7. The van der Waals surface area contributed by atoms with Crippen LogP contribution in [0, 0.1) is 10.1 Å². The minimum Gasteiger partial charge on any atom is -0.299 e. The van der Waals surface area contributed by atoms with E-state index >= 15 is 0 Å². The number of nitrogens with zero attached hydrogens (tertiary/aromatic N) is 1. The zero-order valence-corrected chi connectivity index (χ0v) is 10.9. The Morgan fingerprint density at radius 3 is 2.65 bits per heavy atom. The molecule has 0 saturated carbocycles. The van der Waals surface area contributed by atoms with Crippen LogP contribution in [0.5, 0.6) is 0 Å². The van der Waals surface area contributed by atoms with E-state index in [1.165, 1.54) is 6.08 Å². The predicted octanol–water partition coefficient (Wildman–Crippen LogP) is 3.35. The Kier molecular flexibility index (Phi) is 4.60. The summed E-state index contributed by atoms with van der Waals surface area (Å²) >= 11 is 0. The number of rotatable bonds is 6. The van der Waals surface area contributed by atoms with Crippen LogP contribution in [-0.2, 0) is 4.79 Å². The lowest BCUT2D eigenvalue weighted by atomic mass is 9.91. The van der Waals surface area contributed by atoms with Crippen molar-refractivity contribution in [2.45, 2.75) is 12.3 Å². The SMILES string of the molecule is O=C/C=C/CC(C[N+](=O)[O-])c1cccc2ccccc12. The highest BCUT2D eigenvalue weighted by Gasteiger charge is 2.18. The van der Waals surface area contributed by atoms with Gasteiger partial charge in [0.2, 0.25) is 6.54 Å². The maximum atomic E-state index is 10.9. The number of benzene rings is 2. The number of hydrogen-bond acceptors (Lipinski definition) is 3. The van der Waals surface area contributed by atoms with Gasteiger partial charge < -0.3 is 0 Å². The van der Waals surface area contributed by atoms with E-state index in [-0.39, 0.29) is 17.4 Å². The van der Waals surface area contributed by atoms with Gasteiger partial charge in [0, 0.05) is 4.92 Å². The number of carbonyl (C=O) groups is 1. The van der Waals surface area contributed by atoms with Gasteiger partial charge in [-0.3, -0.25) is 14.9 Å². The van der Waals surface area contributed by atoms with Gasteiger partial charge in [-0.1, -0.05) is 48.5 Å². The smallest absolute Gasteiger partial charge is 0.210 e. The molecule has 0 N–H and O–H groups in total. The topological polar surface area (TPSA) is 60.2 Å². The van der Waals surface area contributed by atoms with Crippen LogP contribution in [0.4, 0.5) is 0 Å². The summed E-state index contributed by atoms with van der Waals surface area (Å²) in [7, 11) is 0. The number of aldehydes is 1. The second-order valence-corrected chi connectivity index (χ2v) is 4.58. The fourth-order valence-corrected chi connectivity index (χ4v) is 2.38. The van der Waals surface area contributed by atoms with Gasteiger partial charge >= 0.3 is 0 Å². The molecule has 0 bridgehead atoms. The average Bonchev–Trinajstić information content (AvgIpc) is 2.45. The monoisotopic (exact) mass is 269 g/mol.